The molecule has 8 nitrogen and oxygen atoms in total. The highest BCUT2D eigenvalue weighted by atomic mass is 16.7. The fourth-order valence-electron chi connectivity index (χ4n) is 4.54. The van der Waals surface area contributed by atoms with Crippen LogP contribution in [0.3, 0.4) is 0 Å². The Balaban J connectivity index is 1.64. The molecule has 8 heteroatoms. The van der Waals surface area contributed by atoms with Gasteiger partial charge in [0.05, 0.1) is 34.0 Å². The zero-order valence-corrected chi connectivity index (χ0v) is 20.5. The van der Waals surface area contributed by atoms with Crippen molar-refractivity contribution in [3.8, 4) is 34.5 Å². The fraction of sp³-hybridized carbons (Fsp3) is 0.250. The largest absolute Gasteiger partial charge is 0.497 e. The van der Waals surface area contributed by atoms with Crippen molar-refractivity contribution in [1.82, 2.24) is 0 Å². The molecule has 0 fully saturated rings. The van der Waals surface area contributed by atoms with Gasteiger partial charge in [-0.15, -0.1) is 0 Å². The second-order valence-electron chi connectivity index (χ2n) is 8.24. The number of ether oxygens (including phenoxy) is 7. The van der Waals surface area contributed by atoms with Crippen LogP contribution in [-0.4, -0.2) is 41.2 Å². The van der Waals surface area contributed by atoms with Crippen LogP contribution in [0.5, 0.6) is 34.5 Å². The lowest BCUT2D eigenvalue weighted by molar-refractivity contribution is -0.138. The van der Waals surface area contributed by atoms with Gasteiger partial charge in [-0.3, -0.25) is 0 Å². The van der Waals surface area contributed by atoms with E-state index < -0.39 is 12.1 Å². The summed E-state index contributed by atoms with van der Waals surface area (Å²) < 4.78 is 38.8. The number of carbonyl (C=O) groups excluding carboxylic acids is 1. The number of benzene rings is 3. The first kappa shape index (κ1) is 23.4. The molecule has 2 aliphatic rings. The van der Waals surface area contributed by atoms with Crippen molar-refractivity contribution in [1.29, 1.82) is 0 Å². The van der Waals surface area contributed by atoms with E-state index in [1.807, 2.05) is 48.5 Å². The van der Waals surface area contributed by atoms with Crippen LogP contribution in [0.15, 0.2) is 60.2 Å². The van der Waals surface area contributed by atoms with E-state index in [9.17, 15) is 4.79 Å². The molecule has 3 aromatic carbocycles. The minimum absolute atomic E-state index is 0.148. The van der Waals surface area contributed by atoms with Crippen LogP contribution < -0.4 is 28.4 Å². The minimum Gasteiger partial charge on any atom is -0.497 e. The van der Waals surface area contributed by atoms with Crippen LogP contribution in [-0.2, 0) is 16.0 Å². The van der Waals surface area contributed by atoms with E-state index in [-0.39, 0.29) is 6.79 Å². The van der Waals surface area contributed by atoms with Crippen LogP contribution in [0.2, 0.25) is 0 Å². The van der Waals surface area contributed by atoms with Crippen molar-refractivity contribution >= 4 is 11.5 Å². The number of cyclic esters (lactones) is 1. The average molecular weight is 491 g/mol. The van der Waals surface area contributed by atoms with E-state index in [1.54, 1.807) is 34.5 Å². The lowest BCUT2D eigenvalue weighted by atomic mass is 9.90. The van der Waals surface area contributed by atoms with Crippen LogP contribution in [0.25, 0.3) is 5.57 Å². The minimum atomic E-state index is -0.581. The van der Waals surface area contributed by atoms with E-state index in [4.69, 9.17) is 33.2 Å². The number of fused-ring (bicyclic) bond motifs is 1. The third kappa shape index (κ3) is 4.15. The number of hydrogen-bond acceptors (Lipinski definition) is 8. The maximum absolute atomic E-state index is 13.3. The predicted molar refractivity (Wildman–Crippen MR) is 131 cm³/mol. The van der Waals surface area contributed by atoms with Crippen molar-refractivity contribution in [2.45, 2.75) is 12.5 Å². The van der Waals surface area contributed by atoms with Gasteiger partial charge in [0.15, 0.2) is 23.0 Å². The van der Waals surface area contributed by atoms with Crippen molar-refractivity contribution in [3.63, 3.8) is 0 Å². The van der Waals surface area contributed by atoms with Crippen molar-refractivity contribution in [2.75, 3.05) is 35.2 Å². The van der Waals surface area contributed by atoms with E-state index in [0.717, 1.165) is 16.7 Å². The van der Waals surface area contributed by atoms with E-state index in [1.165, 1.54) is 0 Å². The molecule has 1 unspecified atom stereocenters. The molecule has 0 N–H and O–H groups in total. The van der Waals surface area contributed by atoms with Crippen molar-refractivity contribution < 1.29 is 38.0 Å². The first-order valence-electron chi connectivity index (χ1n) is 11.3. The lowest BCUT2D eigenvalue weighted by Crippen LogP contribution is -2.05. The van der Waals surface area contributed by atoms with Gasteiger partial charge in [-0.05, 0) is 65.1 Å². The summed E-state index contributed by atoms with van der Waals surface area (Å²) in [6.45, 7) is 0.148. The topological polar surface area (TPSA) is 81.7 Å². The first-order valence-corrected chi connectivity index (χ1v) is 11.3. The molecule has 0 radical (unpaired) electrons. The standard InChI is InChI=1S/C28H26O8/c1-30-19-8-5-17(6-9-19)26-20(11-16-12-23(31-2)27(33-4)24(13-16)32-3)25(28(29)36-26)18-7-10-21-22(14-18)35-15-34-21/h5-10,12-14,26H,11,15H2,1-4H3. The van der Waals surface area contributed by atoms with Gasteiger partial charge in [-0.25, -0.2) is 4.79 Å². The molecule has 36 heavy (non-hydrogen) atoms. The zero-order valence-electron chi connectivity index (χ0n) is 20.5. The summed E-state index contributed by atoms with van der Waals surface area (Å²) in [6, 6.07) is 16.7. The Labute approximate surface area is 208 Å². The zero-order chi connectivity index (χ0) is 25.2. The molecule has 2 aliphatic heterocycles. The Bertz CT molecular complexity index is 1300. The lowest BCUT2D eigenvalue weighted by Gasteiger charge is -2.18. The number of hydrogen-bond donors (Lipinski definition) is 0. The molecule has 1 atom stereocenters. The maximum atomic E-state index is 13.3. The Hall–Kier alpha value is -4.33. The van der Waals surface area contributed by atoms with Crippen molar-refractivity contribution in [2.24, 2.45) is 0 Å². The molecule has 0 saturated heterocycles. The summed E-state index contributed by atoms with van der Waals surface area (Å²) in [6.07, 6.45) is -0.175. The normalized spacial score (nSPS) is 16.1. The molecule has 0 spiro atoms. The number of carbonyl (C=O) groups is 1. The van der Waals surface area contributed by atoms with E-state index >= 15 is 0 Å². The second kappa shape index (κ2) is 9.73. The van der Waals surface area contributed by atoms with Crippen molar-refractivity contribution in [3.05, 3.63) is 76.9 Å². The highest BCUT2D eigenvalue weighted by Gasteiger charge is 2.36. The van der Waals surface area contributed by atoms with Gasteiger partial charge < -0.3 is 33.2 Å². The number of esters is 1. The molecule has 0 aromatic heterocycles. The summed E-state index contributed by atoms with van der Waals surface area (Å²) in [5, 5.41) is 0. The van der Waals surface area contributed by atoms with Gasteiger partial charge in [0, 0.05) is 0 Å². The van der Waals surface area contributed by atoms with Gasteiger partial charge in [0.2, 0.25) is 12.5 Å². The molecule has 0 bridgehead atoms. The molecular weight excluding hydrogens is 464 g/mol. The highest BCUT2D eigenvalue weighted by Crippen LogP contribution is 2.45. The monoisotopic (exact) mass is 490 g/mol. The Kier molecular flexibility index (Phi) is 6.33. The Morgan fingerprint density at radius 3 is 2.14 bits per heavy atom. The smallest absolute Gasteiger partial charge is 0.339 e. The third-order valence-corrected chi connectivity index (χ3v) is 6.27. The van der Waals surface area contributed by atoms with Gasteiger partial charge in [-0.1, -0.05) is 18.2 Å². The summed E-state index contributed by atoms with van der Waals surface area (Å²) in [7, 11) is 6.31. The summed E-state index contributed by atoms with van der Waals surface area (Å²) >= 11 is 0. The summed E-state index contributed by atoms with van der Waals surface area (Å²) in [4.78, 5) is 13.3. The highest BCUT2D eigenvalue weighted by molar-refractivity contribution is 6.20. The van der Waals surface area contributed by atoms with Crippen LogP contribution in [0.4, 0.5) is 0 Å². The third-order valence-electron chi connectivity index (χ3n) is 6.27. The van der Waals surface area contributed by atoms with Crippen LogP contribution in [0, 0.1) is 0 Å². The second-order valence-corrected chi connectivity index (χ2v) is 8.24. The van der Waals surface area contributed by atoms with Gasteiger partial charge >= 0.3 is 5.97 Å². The average Bonchev–Trinajstić information content (AvgIpc) is 3.51. The van der Waals surface area contributed by atoms with Crippen LogP contribution in [0.1, 0.15) is 22.8 Å². The molecule has 5 rings (SSSR count). The number of rotatable bonds is 8. The Morgan fingerprint density at radius 1 is 0.806 bits per heavy atom. The summed E-state index contributed by atoms with van der Waals surface area (Å²) in [5.74, 6) is 3.11. The summed E-state index contributed by atoms with van der Waals surface area (Å²) in [5.41, 5.74) is 3.70. The van der Waals surface area contributed by atoms with Gasteiger partial charge in [-0.2, -0.15) is 0 Å². The molecular formula is C28H26O8. The molecule has 3 aromatic rings. The quantitative estimate of drug-likeness (QED) is 0.419. The van der Waals surface area contributed by atoms with Crippen LogP contribution >= 0.6 is 0 Å². The van der Waals surface area contributed by atoms with Gasteiger partial charge in [0.1, 0.15) is 11.9 Å². The number of methoxy groups -OCH3 is 4. The Morgan fingerprint density at radius 2 is 1.50 bits per heavy atom. The first-order chi connectivity index (χ1) is 17.6. The molecule has 0 aliphatic carbocycles. The van der Waals surface area contributed by atoms with E-state index in [2.05, 4.69) is 0 Å². The van der Waals surface area contributed by atoms with E-state index in [0.29, 0.717) is 52.1 Å². The van der Waals surface area contributed by atoms with Gasteiger partial charge in [0.25, 0.3) is 0 Å². The molecule has 0 amide bonds. The SMILES string of the molecule is COc1ccc(C2OC(=O)C(c3ccc4c(c3)OCO4)=C2Cc2cc(OC)c(OC)c(OC)c2)cc1. The molecule has 0 saturated carbocycles. The fourth-order valence-corrected chi connectivity index (χ4v) is 4.54. The predicted octanol–water partition coefficient (Wildman–Crippen LogP) is 4.74. The molecule has 186 valence electrons. The maximum Gasteiger partial charge on any atom is 0.339 e. The molecule has 2 heterocycles.